The number of carbonyl (C=O) groups is 1. The van der Waals surface area contributed by atoms with Crippen LogP contribution < -0.4 is 4.74 Å². The molecule has 0 saturated heterocycles. The van der Waals surface area contributed by atoms with E-state index < -0.39 is 5.97 Å². The topological polar surface area (TPSA) is 59.4 Å². The molecule has 1 N–H and O–H groups in total. The van der Waals surface area contributed by atoms with Gasteiger partial charge in [0.05, 0.1) is 16.5 Å². The maximum Gasteiger partial charge on any atom is 0.356 e. The van der Waals surface area contributed by atoms with Crippen molar-refractivity contribution in [2.45, 2.75) is 32.6 Å². The van der Waals surface area contributed by atoms with Gasteiger partial charge in [-0.25, -0.2) is 9.78 Å². The third-order valence-electron chi connectivity index (χ3n) is 3.42. The summed E-state index contributed by atoms with van der Waals surface area (Å²) >= 11 is 1.46. The monoisotopic (exact) mass is 303 g/mol. The van der Waals surface area contributed by atoms with Crippen LogP contribution in [-0.2, 0) is 11.8 Å². The zero-order chi connectivity index (χ0) is 15.2. The number of carboxylic acids is 1. The molecule has 1 aliphatic rings. The number of thiazole rings is 1. The fraction of sp³-hybridized carbons (Fsp3) is 0.375. The SMILES string of the molecule is CC(C)(C)c1nc(C(=O)O)c(-c2ccc3c(c2)CCO3)s1. The first-order valence-corrected chi connectivity index (χ1v) is 7.68. The predicted octanol–water partition coefficient (Wildman–Crippen LogP) is 3.74. The molecule has 0 saturated carbocycles. The smallest absolute Gasteiger partial charge is 0.356 e. The Kier molecular flexibility index (Phi) is 3.24. The second kappa shape index (κ2) is 4.84. The van der Waals surface area contributed by atoms with Crippen LogP contribution in [0.2, 0.25) is 0 Å². The van der Waals surface area contributed by atoms with E-state index in [1.165, 1.54) is 11.3 Å². The first kappa shape index (κ1) is 14.1. The second-order valence-electron chi connectivity index (χ2n) is 6.17. The predicted molar refractivity (Wildman–Crippen MR) is 82.4 cm³/mol. The Hall–Kier alpha value is -1.88. The van der Waals surface area contributed by atoms with E-state index in [4.69, 9.17) is 4.74 Å². The molecule has 1 aliphatic heterocycles. The molecule has 0 fully saturated rings. The van der Waals surface area contributed by atoms with Crippen LogP contribution in [0.1, 0.15) is 41.8 Å². The minimum absolute atomic E-state index is 0.142. The lowest BCUT2D eigenvalue weighted by Crippen LogP contribution is -2.11. The van der Waals surface area contributed by atoms with E-state index >= 15 is 0 Å². The first-order valence-electron chi connectivity index (χ1n) is 6.87. The molecule has 0 aliphatic carbocycles. The minimum atomic E-state index is -0.978. The van der Waals surface area contributed by atoms with Gasteiger partial charge in [0.2, 0.25) is 0 Å². The highest BCUT2D eigenvalue weighted by Crippen LogP contribution is 2.38. The van der Waals surface area contributed by atoms with Gasteiger partial charge in [0.25, 0.3) is 0 Å². The van der Waals surface area contributed by atoms with Gasteiger partial charge in [-0.2, -0.15) is 0 Å². The summed E-state index contributed by atoms with van der Waals surface area (Å²) in [4.78, 5) is 16.6. The summed E-state index contributed by atoms with van der Waals surface area (Å²) in [5.74, 6) is -0.0790. The van der Waals surface area contributed by atoms with Crippen molar-refractivity contribution in [3.05, 3.63) is 34.5 Å². The van der Waals surface area contributed by atoms with E-state index in [9.17, 15) is 9.90 Å². The standard InChI is InChI=1S/C16H17NO3S/c1-16(2,3)15-17-12(14(18)19)13(21-15)10-4-5-11-9(8-10)6-7-20-11/h4-5,8H,6-7H2,1-3H3,(H,18,19). The number of aromatic nitrogens is 1. The molecule has 2 aromatic rings. The summed E-state index contributed by atoms with van der Waals surface area (Å²) in [5, 5.41) is 10.3. The number of ether oxygens (including phenoxy) is 1. The number of aromatic carboxylic acids is 1. The van der Waals surface area contributed by atoms with Crippen LogP contribution in [0.3, 0.4) is 0 Å². The molecular formula is C16H17NO3S. The van der Waals surface area contributed by atoms with E-state index in [0.29, 0.717) is 6.61 Å². The van der Waals surface area contributed by atoms with E-state index in [0.717, 1.165) is 33.2 Å². The maximum absolute atomic E-state index is 11.5. The van der Waals surface area contributed by atoms with Gasteiger partial charge in [0.1, 0.15) is 5.75 Å². The summed E-state index contributed by atoms with van der Waals surface area (Å²) in [7, 11) is 0. The number of nitrogens with zero attached hydrogens (tertiary/aromatic N) is 1. The van der Waals surface area contributed by atoms with Gasteiger partial charge in [0.15, 0.2) is 5.69 Å². The van der Waals surface area contributed by atoms with Crippen molar-refractivity contribution in [2.75, 3.05) is 6.61 Å². The largest absolute Gasteiger partial charge is 0.493 e. The zero-order valence-electron chi connectivity index (χ0n) is 12.3. The summed E-state index contributed by atoms with van der Waals surface area (Å²) in [6, 6.07) is 5.85. The van der Waals surface area contributed by atoms with Crippen molar-refractivity contribution < 1.29 is 14.6 Å². The van der Waals surface area contributed by atoms with Crippen molar-refractivity contribution in [1.29, 1.82) is 0 Å². The van der Waals surface area contributed by atoms with Gasteiger partial charge in [-0.3, -0.25) is 0 Å². The van der Waals surface area contributed by atoms with Crippen LogP contribution in [0.4, 0.5) is 0 Å². The number of rotatable bonds is 2. The third kappa shape index (κ3) is 2.53. The van der Waals surface area contributed by atoms with E-state index in [1.54, 1.807) is 0 Å². The zero-order valence-corrected chi connectivity index (χ0v) is 13.1. The molecule has 4 nitrogen and oxygen atoms in total. The highest BCUT2D eigenvalue weighted by molar-refractivity contribution is 7.15. The van der Waals surface area contributed by atoms with Gasteiger partial charge in [0, 0.05) is 11.8 Å². The van der Waals surface area contributed by atoms with Crippen molar-refractivity contribution in [2.24, 2.45) is 0 Å². The van der Waals surface area contributed by atoms with Crippen LogP contribution in [-0.4, -0.2) is 22.7 Å². The number of benzene rings is 1. The molecule has 2 heterocycles. The Bertz CT molecular complexity index is 713. The van der Waals surface area contributed by atoms with E-state index in [2.05, 4.69) is 4.98 Å². The first-order chi connectivity index (χ1) is 9.86. The lowest BCUT2D eigenvalue weighted by molar-refractivity contribution is 0.0692. The van der Waals surface area contributed by atoms with Crippen LogP contribution in [0.15, 0.2) is 18.2 Å². The Labute approximate surface area is 127 Å². The Morgan fingerprint density at radius 2 is 2.14 bits per heavy atom. The molecule has 21 heavy (non-hydrogen) atoms. The molecular weight excluding hydrogens is 286 g/mol. The van der Waals surface area contributed by atoms with Crippen LogP contribution in [0.5, 0.6) is 5.75 Å². The van der Waals surface area contributed by atoms with E-state index in [1.807, 2.05) is 39.0 Å². The molecule has 0 bridgehead atoms. The average molecular weight is 303 g/mol. The molecule has 5 heteroatoms. The summed E-state index contributed by atoms with van der Waals surface area (Å²) in [6.07, 6.45) is 0.872. The summed E-state index contributed by atoms with van der Waals surface area (Å²) in [6.45, 7) is 6.81. The van der Waals surface area contributed by atoms with Crippen molar-refractivity contribution >= 4 is 17.3 Å². The molecule has 0 amide bonds. The normalized spacial score (nSPS) is 13.9. The van der Waals surface area contributed by atoms with Crippen molar-refractivity contribution in [3.8, 4) is 16.2 Å². The van der Waals surface area contributed by atoms with Gasteiger partial charge in [-0.1, -0.05) is 20.8 Å². The van der Waals surface area contributed by atoms with Gasteiger partial charge >= 0.3 is 5.97 Å². The molecule has 110 valence electrons. The van der Waals surface area contributed by atoms with Gasteiger partial charge < -0.3 is 9.84 Å². The molecule has 1 aromatic heterocycles. The van der Waals surface area contributed by atoms with Crippen LogP contribution in [0.25, 0.3) is 10.4 Å². The van der Waals surface area contributed by atoms with Crippen molar-refractivity contribution in [3.63, 3.8) is 0 Å². The van der Waals surface area contributed by atoms with E-state index in [-0.39, 0.29) is 11.1 Å². The number of carboxylic acid groups (broad SMARTS) is 1. The Morgan fingerprint density at radius 1 is 1.38 bits per heavy atom. The lowest BCUT2D eigenvalue weighted by Gasteiger charge is -2.13. The average Bonchev–Trinajstić information content (AvgIpc) is 3.03. The lowest BCUT2D eigenvalue weighted by atomic mass is 9.98. The molecule has 0 atom stereocenters. The van der Waals surface area contributed by atoms with Gasteiger partial charge in [-0.05, 0) is 29.3 Å². The van der Waals surface area contributed by atoms with Crippen LogP contribution >= 0.6 is 11.3 Å². The van der Waals surface area contributed by atoms with Gasteiger partial charge in [-0.15, -0.1) is 11.3 Å². The number of hydrogen-bond donors (Lipinski definition) is 1. The number of hydrogen-bond acceptors (Lipinski definition) is 4. The molecule has 0 unspecified atom stereocenters. The number of fused-ring (bicyclic) bond motifs is 1. The minimum Gasteiger partial charge on any atom is -0.493 e. The van der Waals surface area contributed by atoms with Crippen LogP contribution in [0, 0.1) is 0 Å². The second-order valence-corrected chi connectivity index (χ2v) is 7.17. The Balaban J connectivity index is 2.13. The fourth-order valence-corrected chi connectivity index (χ4v) is 3.42. The highest BCUT2D eigenvalue weighted by atomic mass is 32.1. The molecule has 0 radical (unpaired) electrons. The summed E-state index contributed by atoms with van der Waals surface area (Å²) < 4.78 is 5.50. The highest BCUT2D eigenvalue weighted by Gasteiger charge is 2.26. The Morgan fingerprint density at radius 3 is 2.81 bits per heavy atom. The molecule has 1 aromatic carbocycles. The third-order valence-corrected chi connectivity index (χ3v) is 4.95. The fourth-order valence-electron chi connectivity index (χ4n) is 2.31. The summed E-state index contributed by atoms with van der Waals surface area (Å²) in [5.41, 5.74) is 2.02. The maximum atomic E-state index is 11.5. The molecule has 3 rings (SSSR count). The van der Waals surface area contributed by atoms with Crippen molar-refractivity contribution in [1.82, 2.24) is 4.98 Å². The molecule has 0 spiro atoms. The quantitative estimate of drug-likeness (QED) is 0.918.